The van der Waals surface area contributed by atoms with Crippen molar-refractivity contribution in [3.8, 4) is 0 Å². The number of H-pyrrole nitrogens is 1. The van der Waals surface area contributed by atoms with Crippen LogP contribution in [-0.4, -0.2) is 83.7 Å². The first kappa shape index (κ1) is 21.6. The molecule has 3 fully saturated rings. The maximum atomic E-state index is 12.9. The number of nitrogens with one attached hydrogen (secondary N) is 4. The highest BCUT2D eigenvalue weighted by atomic mass is 16.5. The lowest BCUT2D eigenvalue weighted by Gasteiger charge is -2.49. The Hall–Kier alpha value is -3.08. The molecule has 11 heteroatoms. The number of hydrogen-bond donors (Lipinski definition) is 5. The van der Waals surface area contributed by atoms with Gasteiger partial charge in [0.25, 0.3) is 12.4 Å². The molecule has 30 heavy (non-hydrogen) atoms. The van der Waals surface area contributed by atoms with Crippen molar-refractivity contribution in [2.24, 2.45) is 5.92 Å². The van der Waals surface area contributed by atoms with E-state index >= 15 is 0 Å². The number of likely N-dealkylation sites (tertiary alicyclic amines) is 1. The first-order chi connectivity index (χ1) is 14.4. The van der Waals surface area contributed by atoms with E-state index in [1.807, 2.05) is 0 Å². The number of methoxy groups -OCH3 is 1. The van der Waals surface area contributed by atoms with Gasteiger partial charge in [0.1, 0.15) is 5.69 Å². The van der Waals surface area contributed by atoms with Gasteiger partial charge in [0.2, 0.25) is 5.91 Å². The van der Waals surface area contributed by atoms with Gasteiger partial charge in [-0.1, -0.05) is 0 Å². The van der Waals surface area contributed by atoms with E-state index < -0.39 is 0 Å². The number of hydrogen-bond acceptors (Lipinski definition) is 5. The first-order valence-electron chi connectivity index (χ1n) is 9.81. The summed E-state index contributed by atoms with van der Waals surface area (Å²) in [5.74, 6) is -0.244. The molecule has 4 amide bonds. The molecule has 2 aliphatic heterocycles. The van der Waals surface area contributed by atoms with Crippen LogP contribution in [0.1, 0.15) is 29.8 Å². The summed E-state index contributed by atoms with van der Waals surface area (Å²) in [6, 6.07) is 3.10. The molecule has 3 heterocycles. The van der Waals surface area contributed by atoms with E-state index in [1.165, 1.54) is 0 Å². The van der Waals surface area contributed by atoms with Gasteiger partial charge in [-0.25, -0.2) is 4.79 Å². The Balaban J connectivity index is 0.000000806. The van der Waals surface area contributed by atoms with Crippen LogP contribution >= 0.6 is 0 Å². The van der Waals surface area contributed by atoms with E-state index in [9.17, 15) is 14.4 Å². The zero-order chi connectivity index (χ0) is 21.7. The van der Waals surface area contributed by atoms with Crippen molar-refractivity contribution in [3.63, 3.8) is 0 Å². The van der Waals surface area contributed by atoms with Crippen LogP contribution in [0.3, 0.4) is 0 Å². The summed E-state index contributed by atoms with van der Waals surface area (Å²) in [4.78, 5) is 49.7. The summed E-state index contributed by atoms with van der Waals surface area (Å²) in [5.41, 5.74) is 0.185. The second-order valence-electron chi connectivity index (χ2n) is 7.84. The van der Waals surface area contributed by atoms with Crippen LogP contribution in [0.15, 0.2) is 18.3 Å². The van der Waals surface area contributed by atoms with Crippen molar-refractivity contribution in [2.45, 2.75) is 36.9 Å². The molecule has 0 unspecified atom stereocenters. The van der Waals surface area contributed by atoms with Crippen LogP contribution in [0, 0.1) is 5.92 Å². The molecular weight excluding hydrogens is 394 g/mol. The second-order valence-corrected chi connectivity index (χ2v) is 7.84. The number of carbonyl (C=O) groups excluding carboxylic acids is 3. The average molecular weight is 421 g/mol. The third-order valence-electron chi connectivity index (χ3n) is 5.86. The number of nitrogens with zero attached hydrogens (tertiary/aromatic N) is 1. The molecule has 1 aromatic rings. The van der Waals surface area contributed by atoms with Gasteiger partial charge in [0.15, 0.2) is 0 Å². The second kappa shape index (κ2) is 9.16. The van der Waals surface area contributed by atoms with Crippen molar-refractivity contribution in [1.82, 2.24) is 25.8 Å². The highest BCUT2D eigenvalue weighted by Gasteiger charge is 2.51. The number of amides is 4. The monoisotopic (exact) mass is 421 g/mol. The summed E-state index contributed by atoms with van der Waals surface area (Å²) in [7, 11) is 1.63. The number of ether oxygens (including phenoxy) is 1. The van der Waals surface area contributed by atoms with Gasteiger partial charge in [-0.05, 0) is 31.4 Å². The third kappa shape index (κ3) is 4.56. The molecule has 11 nitrogen and oxygen atoms in total. The normalized spacial score (nSPS) is 26.5. The predicted octanol–water partition coefficient (Wildman–Crippen LogP) is -0.477. The lowest BCUT2D eigenvalue weighted by molar-refractivity contribution is -0.145. The number of aromatic amines is 1. The van der Waals surface area contributed by atoms with Gasteiger partial charge in [-0.2, -0.15) is 0 Å². The summed E-state index contributed by atoms with van der Waals surface area (Å²) in [6.07, 6.45) is 3.61. The molecule has 3 aliphatic rings. The summed E-state index contributed by atoms with van der Waals surface area (Å²) < 4.78 is 5.53. The minimum atomic E-state index is -0.308. The fourth-order valence-corrected chi connectivity index (χ4v) is 4.39. The number of urea groups is 1. The van der Waals surface area contributed by atoms with Crippen LogP contribution in [0.25, 0.3) is 0 Å². The third-order valence-corrected chi connectivity index (χ3v) is 5.86. The SMILES string of the molecule is CO[C@@H]1CC[C@H](C(=O)N2CC3(CNC(=O)N3)C2)C[C@H]1NC(=O)c1ccc[nH]1.O=CO. The van der Waals surface area contributed by atoms with Crippen molar-refractivity contribution in [2.75, 3.05) is 26.7 Å². The fourth-order valence-electron chi connectivity index (χ4n) is 4.39. The molecule has 1 spiro atoms. The van der Waals surface area contributed by atoms with Crippen molar-refractivity contribution in [1.29, 1.82) is 0 Å². The molecule has 0 aromatic carbocycles. The van der Waals surface area contributed by atoms with Crippen molar-refractivity contribution >= 4 is 24.3 Å². The van der Waals surface area contributed by atoms with Gasteiger partial charge in [0, 0.05) is 38.9 Å². The van der Waals surface area contributed by atoms with Gasteiger partial charge in [-0.3, -0.25) is 14.4 Å². The molecule has 1 saturated carbocycles. The lowest BCUT2D eigenvalue weighted by Crippen LogP contribution is -2.71. The maximum absolute atomic E-state index is 12.9. The summed E-state index contributed by atoms with van der Waals surface area (Å²) >= 11 is 0. The van der Waals surface area contributed by atoms with E-state index in [0.717, 1.165) is 12.8 Å². The van der Waals surface area contributed by atoms with Gasteiger partial charge in [0.05, 0.1) is 17.7 Å². The largest absolute Gasteiger partial charge is 0.483 e. The van der Waals surface area contributed by atoms with Crippen LogP contribution < -0.4 is 16.0 Å². The van der Waals surface area contributed by atoms with Crippen LogP contribution in [0.4, 0.5) is 4.79 Å². The summed E-state index contributed by atoms with van der Waals surface area (Å²) in [5, 5.41) is 15.5. The van der Waals surface area contributed by atoms with E-state index in [4.69, 9.17) is 14.6 Å². The van der Waals surface area contributed by atoms with Gasteiger partial charge < -0.3 is 35.7 Å². The predicted molar refractivity (Wildman–Crippen MR) is 105 cm³/mol. The Kier molecular flexibility index (Phi) is 6.60. The van der Waals surface area contributed by atoms with Crippen LogP contribution in [0.2, 0.25) is 0 Å². The van der Waals surface area contributed by atoms with E-state index in [2.05, 4.69) is 20.9 Å². The number of carboxylic acid groups (broad SMARTS) is 1. The molecule has 3 atom stereocenters. The molecule has 5 N–H and O–H groups in total. The molecule has 4 rings (SSSR count). The highest BCUT2D eigenvalue weighted by Crippen LogP contribution is 2.32. The van der Waals surface area contributed by atoms with E-state index in [0.29, 0.717) is 31.7 Å². The Morgan fingerprint density at radius 2 is 2.10 bits per heavy atom. The Morgan fingerprint density at radius 1 is 1.37 bits per heavy atom. The summed E-state index contributed by atoms with van der Waals surface area (Å²) in [6.45, 7) is 1.38. The smallest absolute Gasteiger partial charge is 0.315 e. The lowest BCUT2D eigenvalue weighted by atomic mass is 9.81. The average Bonchev–Trinajstić information content (AvgIpc) is 3.37. The number of rotatable bonds is 4. The molecule has 1 aliphatic carbocycles. The van der Waals surface area contributed by atoms with E-state index in [1.54, 1.807) is 30.3 Å². The van der Waals surface area contributed by atoms with E-state index in [-0.39, 0.29) is 47.9 Å². The van der Waals surface area contributed by atoms with Gasteiger partial charge >= 0.3 is 6.03 Å². The fraction of sp³-hybridized carbons (Fsp3) is 0.579. The number of aromatic nitrogens is 1. The van der Waals surface area contributed by atoms with Gasteiger partial charge in [-0.15, -0.1) is 0 Å². The van der Waals surface area contributed by atoms with Crippen molar-refractivity contribution in [3.05, 3.63) is 24.0 Å². The molecule has 1 aromatic heterocycles. The highest BCUT2D eigenvalue weighted by molar-refractivity contribution is 5.92. The minimum absolute atomic E-state index is 0.0930. The zero-order valence-corrected chi connectivity index (χ0v) is 16.7. The standard InChI is InChI=1S/C18H25N5O4.CH2O2/c1-27-14-5-4-11(7-13(14)21-15(24)12-3-2-6-19-12)16(25)23-9-18(10-23)8-20-17(26)22-18;2-1-3/h2-3,6,11,13-14,19H,4-5,7-10H2,1H3,(H,21,24)(H2,20,22,26);1H,(H,2,3)/t11-,13+,14+;/m0./s1. The molecular formula is C19H27N5O6. The Labute approximate surface area is 173 Å². The zero-order valence-electron chi connectivity index (χ0n) is 16.7. The topological polar surface area (TPSA) is 153 Å². The van der Waals surface area contributed by atoms with Crippen molar-refractivity contribution < 1.29 is 29.0 Å². The Bertz CT molecular complexity index is 776. The molecule has 0 radical (unpaired) electrons. The Morgan fingerprint density at radius 3 is 2.67 bits per heavy atom. The minimum Gasteiger partial charge on any atom is -0.483 e. The molecule has 164 valence electrons. The molecule has 0 bridgehead atoms. The quantitative estimate of drug-likeness (QED) is 0.414. The first-order valence-corrected chi connectivity index (χ1v) is 9.81. The maximum Gasteiger partial charge on any atom is 0.315 e. The molecule has 2 saturated heterocycles. The van der Waals surface area contributed by atoms with Crippen LogP contribution in [-0.2, 0) is 14.3 Å². The number of carbonyl (C=O) groups is 4. The van der Waals surface area contributed by atoms with Crippen LogP contribution in [0.5, 0.6) is 0 Å².